The third kappa shape index (κ3) is 8.14. The molecule has 9 aromatic carbocycles. The lowest BCUT2D eigenvalue weighted by Crippen LogP contribution is -2.04. The summed E-state index contributed by atoms with van der Waals surface area (Å²) in [4.78, 5) is 26.1. The zero-order valence-electron chi connectivity index (χ0n) is 38.0. The molecule has 12 aromatic rings. The van der Waals surface area contributed by atoms with Gasteiger partial charge in [-0.05, 0) is 95.1 Å². The Morgan fingerprint density at radius 3 is 1.10 bits per heavy atom. The lowest BCUT2D eigenvalue weighted by Gasteiger charge is -2.17. The first-order chi connectivity index (χ1) is 35.1. The molecule has 0 aliphatic heterocycles. The van der Waals surface area contributed by atoms with Crippen molar-refractivity contribution >= 4 is 21.8 Å². The van der Waals surface area contributed by atoms with Crippen LogP contribution in [-0.4, -0.2) is 29.5 Å². The van der Waals surface area contributed by atoms with Crippen molar-refractivity contribution in [2.45, 2.75) is 0 Å². The van der Waals surface area contributed by atoms with Crippen molar-refractivity contribution in [3.05, 3.63) is 242 Å². The lowest BCUT2D eigenvalue weighted by molar-refractivity contribution is 1.07. The van der Waals surface area contributed by atoms with Crippen LogP contribution < -0.4 is 0 Å². The van der Waals surface area contributed by atoms with E-state index >= 15 is 0 Å². The van der Waals surface area contributed by atoms with E-state index in [-0.39, 0.29) is 0 Å². The molecule has 0 saturated carbocycles. The Labute approximate surface area is 409 Å². The van der Waals surface area contributed by atoms with Gasteiger partial charge in [-0.3, -0.25) is 0 Å². The van der Waals surface area contributed by atoms with Crippen molar-refractivity contribution in [2.75, 3.05) is 0 Å². The third-order valence-corrected chi connectivity index (χ3v) is 12.8. The van der Waals surface area contributed by atoms with E-state index in [1.165, 1.54) is 0 Å². The predicted molar refractivity (Wildman–Crippen MR) is 283 cm³/mol. The van der Waals surface area contributed by atoms with Gasteiger partial charge in [0, 0.05) is 44.2 Å². The normalized spacial score (nSPS) is 11.1. The summed E-state index contributed by atoms with van der Waals surface area (Å²) in [5.74, 6) is 2.16. The summed E-state index contributed by atoms with van der Waals surface area (Å²) in [6.45, 7) is 0. The molecule has 0 N–H and O–H groups in total. The number of fused-ring (bicyclic) bond motifs is 3. The molecule has 0 bridgehead atoms. The minimum Gasteiger partial charge on any atom is -0.308 e. The fourth-order valence-corrected chi connectivity index (χ4v) is 9.18. The van der Waals surface area contributed by atoms with E-state index in [0.29, 0.717) is 34.4 Å². The Morgan fingerprint density at radius 2 is 0.676 bits per heavy atom. The molecule has 8 nitrogen and oxygen atoms in total. The Morgan fingerprint density at radius 1 is 0.296 bits per heavy atom. The van der Waals surface area contributed by atoms with Gasteiger partial charge in [0.25, 0.3) is 0 Å². The van der Waals surface area contributed by atoms with Crippen molar-refractivity contribution < 1.29 is 0 Å². The number of benzene rings is 9. The minimum atomic E-state index is 0.509. The summed E-state index contributed by atoms with van der Waals surface area (Å²) >= 11 is 0. The second kappa shape index (κ2) is 18.2. The van der Waals surface area contributed by atoms with Crippen LogP contribution in [0.2, 0.25) is 0 Å². The van der Waals surface area contributed by atoms with E-state index in [4.69, 9.17) is 24.9 Å². The van der Waals surface area contributed by atoms with Crippen LogP contribution in [0.15, 0.2) is 231 Å². The molecule has 71 heavy (non-hydrogen) atoms. The predicted octanol–water partition coefficient (Wildman–Crippen LogP) is 14.8. The smallest absolute Gasteiger partial charge is 0.164 e. The zero-order chi connectivity index (χ0) is 47.7. The van der Waals surface area contributed by atoms with Gasteiger partial charge in [-0.2, -0.15) is 10.5 Å². The first-order valence-corrected chi connectivity index (χ1v) is 23.2. The summed E-state index contributed by atoms with van der Waals surface area (Å²) in [6, 6.07) is 81.7. The molecule has 0 unspecified atom stereocenters. The first kappa shape index (κ1) is 42.2. The van der Waals surface area contributed by atoms with Crippen molar-refractivity contribution in [3.63, 3.8) is 0 Å². The third-order valence-electron chi connectivity index (χ3n) is 12.8. The molecule has 0 spiro atoms. The average Bonchev–Trinajstić information content (AvgIpc) is 3.78. The second-order valence-electron chi connectivity index (χ2n) is 17.1. The van der Waals surface area contributed by atoms with Crippen LogP contribution in [-0.2, 0) is 0 Å². The number of nitrogens with zero attached hydrogens (tertiary/aromatic N) is 8. The Hall–Kier alpha value is -10.2. The van der Waals surface area contributed by atoms with Gasteiger partial charge < -0.3 is 4.57 Å². The van der Waals surface area contributed by atoms with E-state index in [9.17, 15) is 10.5 Å². The zero-order valence-corrected chi connectivity index (χ0v) is 38.0. The van der Waals surface area contributed by atoms with Crippen LogP contribution in [0.4, 0.5) is 0 Å². The maximum Gasteiger partial charge on any atom is 0.164 e. The Bertz CT molecular complexity index is 3800. The van der Waals surface area contributed by atoms with E-state index in [2.05, 4.69) is 102 Å². The number of nitriles is 2. The highest BCUT2D eigenvalue weighted by molar-refractivity contribution is 6.12. The van der Waals surface area contributed by atoms with E-state index in [1.807, 2.05) is 146 Å². The van der Waals surface area contributed by atoms with E-state index in [0.717, 1.165) is 94.5 Å². The van der Waals surface area contributed by atoms with Crippen LogP contribution in [0.1, 0.15) is 11.1 Å². The van der Waals surface area contributed by atoms with Crippen molar-refractivity contribution in [2.24, 2.45) is 0 Å². The lowest BCUT2D eigenvalue weighted by atomic mass is 9.99. The van der Waals surface area contributed by atoms with Gasteiger partial charge in [0.1, 0.15) is 0 Å². The standard InChI is InChI=1S/C63H38N8/c64-39-41-21-25-43(26-22-41)49-29-32-57-52(35-49)53-36-50(44-27-23-42(40-65)24-28-44)30-33-58(53)71(57)59-34-31-51(62-69-60(47-17-9-3-10-18-47)68-61(70-62)48-19-11-4-12-20-48)37-54(59)63-66-55(45-13-5-1-6-14-45)38-56(67-63)46-15-7-2-8-16-46/h1-38H. The maximum atomic E-state index is 9.58. The van der Waals surface area contributed by atoms with E-state index < -0.39 is 0 Å². The molecule has 3 aromatic heterocycles. The highest BCUT2D eigenvalue weighted by Gasteiger charge is 2.22. The SMILES string of the molecule is N#Cc1ccc(-c2ccc3c(c2)c2cc(-c4ccc(C#N)cc4)ccc2n3-c2ccc(-c3nc(-c4ccccc4)nc(-c4ccccc4)n3)cc2-c2nc(-c3ccccc3)cc(-c3ccccc3)n2)cc1. The topological polar surface area (TPSA) is 117 Å². The summed E-state index contributed by atoms with van der Waals surface area (Å²) in [6.07, 6.45) is 0. The van der Waals surface area contributed by atoms with Gasteiger partial charge in [-0.1, -0.05) is 158 Å². The summed E-state index contributed by atoms with van der Waals surface area (Å²) in [7, 11) is 0. The summed E-state index contributed by atoms with van der Waals surface area (Å²) in [5, 5.41) is 21.2. The molecule has 0 fully saturated rings. The Balaban J connectivity index is 1.14. The fourth-order valence-electron chi connectivity index (χ4n) is 9.18. The molecular formula is C63H38N8. The minimum absolute atomic E-state index is 0.509. The molecule has 0 aliphatic rings. The van der Waals surface area contributed by atoms with Crippen molar-refractivity contribution in [1.82, 2.24) is 29.5 Å². The largest absolute Gasteiger partial charge is 0.308 e. The van der Waals surface area contributed by atoms with Gasteiger partial charge in [-0.15, -0.1) is 0 Å². The monoisotopic (exact) mass is 906 g/mol. The van der Waals surface area contributed by atoms with Crippen LogP contribution in [0.5, 0.6) is 0 Å². The van der Waals surface area contributed by atoms with Gasteiger partial charge in [-0.25, -0.2) is 24.9 Å². The number of aromatic nitrogens is 6. The van der Waals surface area contributed by atoms with Crippen LogP contribution in [0, 0.1) is 22.7 Å². The number of hydrogen-bond acceptors (Lipinski definition) is 7. The molecule has 12 rings (SSSR count). The summed E-state index contributed by atoms with van der Waals surface area (Å²) in [5.41, 5.74) is 14.8. The van der Waals surface area contributed by atoms with Crippen molar-refractivity contribution in [1.29, 1.82) is 10.5 Å². The van der Waals surface area contributed by atoms with Gasteiger partial charge in [0.2, 0.25) is 0 Å². The molecule has 8 heteroatoms. The molecule has 330 valence electrons. The quantitative estimate of drug-likeness (QED) is 0.142. The molecule has 3 heterocycles. The van der Waals surface area contributed by atoms with Gasteiger partial charge in [0.15, 0.2) is 23.3 Å². The highest BCUT2D eigenvalue weighted by Crippen LogP contribution is 2.41. The average molecular weight is 907 g/mol. The first-order valence-electron chi connectivity index (χ1n) is 23.2. The molecule has 0 aliphatic carbocycles. The van der Waals surface area contributed by atoms with Crippen LogP contribution in [0.3, 0.4) is 0 Å². The maximum absolute atomic E-state index is 9.58. The Kier molecular flexibility index (Phi) is 10.8. The van der Waals surface area contributed by atoms with Gasteiger partial charge >= 0.3 is 0 Å². The molecule has 0 atom stereocenters. The number of rotatable bonds is 9. The van der Waals surface area contributed by atoms with Crippen LogP contribution in [0.25, 0.3) is 118 Å². The molecular weight excluding hydrogens is 869 g/mol. The molecule has 0 saturated heterocycles. The second-order valence-corrected chi connectivity index (χ2v) is 17.1. The number of hydrogen-bond donors (Lipinski definition) is 0. The van der Waals surface area contributed by atoms with Gasteiger partial charge in [0.05, 0.1) is 51.4 Å². The fraction of sp³-hybridized carbons (Fsp3) is 0. The highest BCUT2D eigenvalue weighted by atomic mass is 15.0. The van der Waals surface area contributed by atoms with Crippen molar-refractivity contribution in [3.8, 4) is 108 Å². The summed E-state index contributed by atoms with van der Waals surface area (Å²) < 4.78 is 2.30. The van der Waals surface area contributed by atoms with Crippen LogP contribution >= 0.6 is 0 Å². The van der Waals surface area contributed by atoms with E-state index in [1.54, 1.807) is 0 Å². The molecule has 0 amide bonds. The molecule has 0 radical (unpaired) electrons.